The number of hydrogen-bond acceptors (Lipinski definition) is 3. The number of ether oxygens (including phenoxy) is 1. The second-order valence-electron chi connectivity index (χ2n) is 3.12. The third kappa shape index (κ3) is 2.07. The molecule has 2 aromatic rings. The molecule has 0 amide bonds. The number of anilines is 1. The Morgan fingerprint density at radius 3 is 2.53 bits per heavy atom. The highest BCUT2D eigenvalue weighted by atomic mass is 19.1. The summed E-state index contributed by atoms with van der Waals surface area (Å²) >= 11 is 0. The van der Waals surface area contributed by atoms with E-state index in [2.05, 4.69) is 4.98 Å². The predicted octanol–water partition coefficient (Wildman–Crippen LogP) is 1.93. The van der Waals surface area contributed by atoms with Crippen molar-refractivity contribution in [3.63, 3.8) is 0 Å². The van der Waals surface area contributed by atoms with Gasteiger partial charge in [-0.2, -0.15) is 4.98 Å². The summed E-state index contributed by atoms with van der Waals surface area (Å²) in [6.45, 7) is 0. The van der Waals surface area contributed by atoms with Gasteiger partial charge in [-0.05, 0) is 24.3 Å². The van der Waals surface area contributed by atoms with Crippen LogP contribution in [-0.4, -0.2) is 9.55 Å². The normalized spacial score (nSPS) is 10.3. The summed E-state index contributed by atoms with van der Waals surface area (Å²) in [5.41, 5.74) is 5.49. The molecular weight excluding hydrogens is 197 g/mol. The number of benzene rings is 1. The zero-order valence-corrected chi connectivity index (χ0v) is 8.14. The number of hydrogen-bond donors (Lipinski definition) is 1. The Bertz CT molecular complexity index is 464. The van der Waals surface area contributed by atoms with Crippen molar-refractivity contribution >= 4 is 5.82 Å². The highest BCUT2D eigenvalue weighted by Crippen LogP contribution is 2.20. The van der Waals surface area contributed by atoms with Crippen LogP contribution < -0.4 is 10.5 Å². The van der Waals surface area contributed by atoms with Gasteiger partial charge in [-0.1, -0.05) is 0 Å². The number of halogens is 1. The van der Waals surface area contributed by atoms with Crippen LogP contribution in [0.25, 0.3) is 0 Å². The molecule has 2 rings (SSSR count). The summed E-state index contributed by atoms with van der Waals surface area (Å²) in [6, 6.07) is 6.07. The highest BCUT2D eigenvalue weighted by molar-refractivity contribution is 5.31. The number of nitrogens with zero attached hydrogens (tertiary/aromatic N) is 2. The molecule has 5 heteroatoms. The summed E-state index contributed by atoms with van der Waals surface area (Å²) in [5, 5.41) is 0. The zero-order valence-electron chi connectivity index (χ0n) is 8.14. The van der Waals surface area contributed by atoms with Crippen molar-refractivity contribution in [1.29, 1.82) is 0 Å². The van der Waals surface area contributed by atoms with E-state index in [1.807, 2.05) is 0 Å². The van der Waals surface area contributed by atoms with E-state index in [-0.39, 0.29) is 5.82 Å². The molecule has 0 aliphatic carbocycles. The van der Waals surface area contributed by atoms with Crippen LogP contribution in [0.2, 0.25) is 0 Å². The van der Waals surface area contributed by atoms with Gasteiger partial charge in [-0.3, -0.25) is 0 Å². The molecule has 0 atom stereocenters. The fraction of sp³-hybridized carbons (Fsp3) is 0.100. The summed E-state index contributed by atoms with van der Waals surface area (Å²) in [4.78, 5) is 3.95. The lowest BCUT2D eigenvalue weighted by molar-refractivity contribution is 0.424. The molecule has 15 heavy (non-hydrogen) atoms. The molecule has 0 spiro atoms. The first-order valence-corrected chi connectivity index (χ1v) is 4.37. The van der Waals surface area contributed by atoms with Gasteiger partial charge in [0, 0.05) is 7.05 Å². The monoisotopic (exact) mass is 207 g/mol. The second kappa shape index (κ2) is 3.61. The minimum atomic E-state index is -0.304. The summed E-state index contributed by atoms with van der Waals surface area (Å²) in [5.74, 6) is 0.599. The molecule has 0 fully saturated rings. The molecule has 0 aliphatic heterocycles. The van der Waals surface area contributed by atoms with Crippen molar-refractivity contribution in [2.24, 2.45) is 7.05 Å². The van der Waals surface area contributed by atoms with E-state index in [0.717, 1.165) is 0 Å². The molecule has 0 saturated heterocycles. The molecular formula is C10H10FN3O. The van der Waals surface area contributed by atoms with E-state index in [4.69, 9.17) is 10.5 Å². The maximum absolute atomic E-state index is 12.6. The van der Waals surface area contributed by atoms with Crippen LogP contribution in [0.15, 0.2) is 30.5 Å². The molecule has 78 valence electrons. The first-order valence-electron chi connectivity index (χ1n) is 4.37. The Kier molecular flexibility index (Phi) is 2.29. The molecule has 0 aliphatic rings. The van der Waals surface area contributed by atoms with Gasteiger partial charge in [0.25, 0.3) is 0 Å². The van der Waals surface area contributed by atoms with Gasteiger partial charge in [-0.25, -0.2) is 4.39 Å². The predicted molar refractivity (Wildman–Crippen MR) is 54.1 cm³/mol. The van der Waals surface area contributed by atoms with Crippen molar-refractivity contribution in [1.82, 2.24) is 9.55 Å². The molecule has 1 heterocycles. The van der Waals surface area contributed by atoms with Crippen LogP contribution in [-0.2, 0) is 7.05 Å². The average molecular weight is 207 g/mol. The number of aromatic nitrogens is 2. The zero-order chi connectivity index (χ0) is 10.8. The number of imidazole rings is 1. The lowest BCUT2D eigenvalue weighted by Gasteiger charge is -2.03. The fourth-order valence-electron chi connectivity index (χ4n) is 1.17. The van der Waals surface area contributed by atoms with Gasteiger partial charge >= 0.3 is 6.01 Å². The lowest BCUT2D eigenvalue weighted by Crippen LogP contribution is -1.93. The molecule has 4 nitrogen and oxygen atoms in total. The first kappa shape index (κ1) is 9.51. The Morgan fingerprint density at radius 1 is 1.33 bits per heavy atom. The molecule has 0 bridgehead atoms. The third-order valence-corrected chi connectivity index (χ3v) is 1.88. The van der Waals surface area contributed by atoms with Gasteiger partial charge in [0.2, 0.25) is 0 Å². The SMILES string of the molecule is Cn1cc(N)nc1Oc1ccc(F)cc1. The topological polar surface area (TPSA) is 53.1 Å². The van der Waals surface area contributed by atoms with Crippen LogP contribution in [0, 0.1) is 5.82 Å². The average Bonchev–Trinajstić information content (AvgIpc) is 2.49. The minimum absolute atomic E-state index is 0.304. The quantitative estimate of drug-likeness (QED) is 0.818. The van der Waals surface area contributed by atoms with E-state index in [1.54, 1.807) is 17.8 Å². The van der Waals surface area contributed by atoms with Gasteiger partial charge in [0.1, 0.15) is 17.4 Å². The number of nitrogens with two attached hydrogens (primary N) is 1. The molecule has 1 aromatic carbocycles. The van der Waals surface area contributed by atoms with Crippen molar-refractivity contribution in [3.05, 3.63) is 36.3 Å². The molecule has 2 N–H and O–H groups in total. The van der Waals surface area contributed by atoms with E-state index in [9.17, 15) is 4.39 Å². The van der Waals surface area contributed by atoms with Crippen LogP contribution in [0.3, 0.4) is 0 Å². The second-order valence-corrected chi connectivity index (χ2v) is 3.12. The summed E-state index contributed by atoms with van der Waals surface area (Å²) in [6.07, 6.45) is 1.64. The lowest BCUT2D eigenvalue weighted by atomic mass is 10.3. The number of nitrogen functional groups attached to an aromatic ring is 1. The van der Waals surface area contributed by atoms with Crippen LogP contribution in [0.1, 0.15) is 0 Å². The number of rotatable bonds is 2. The smallest absolute Gasteiger partial charge is 0.303 e. The standard InChI is InChI=1S/C10H10FN3O/c1-14-6-9(12)13-10(14)15-8-4-2-7(11)3-5-8/h2-6H,12H2,1H3. The van der Waals surface area contributed by atoms with Gasteiger partial charge in [-0.15, -0.1) is 0 Å². The van der Waals surface area contributed by atoms with Crippen molar-refractivity contribution in [2.75, 3.05) is 5.73 Å². The molecule has 0 unspecified atom stereocenters. The van der Waals surface area contributed by atoms with E-state index in [0.29, 0.717) is 17.6 Å². The van der Waals surface area contributed by atoms with E-state index >= 15 is 0 Å². The van der Waals surface area contributed by atoms with Crippen molar-refractivity contribution in [3.8, 4) is 11.8 Å². The molecule has 0 saturated carbocycles. The maximum Gasteiger partial charge on any atom is 0.303 e. The Hall–Kier alpha value is -2.04. The fourth-order valence-corrected chi connectivity index (χ4v) is 1.17. The Balaban J connectivity index is 2.21. The highest BCUT2D eigenvalue weighted by Gasteiger charge is 2.04. The summed E-state index contributed by atoms with van der Waals surface area (Å²) < 4.78 is 19.7. The van der Waals surface area contributed by atoms with Crippen LogP contribution in [0.4, 0.5) is 10.2 Å². The summed E-state index contributed by atoms with van der Waals surface area (Å²) in [7, 11) is 1.77. The Labute approximate surface area is 86.1 Å². The van der Waals surface area contributed by atoms with E-state index < -0.39 is 0 Å². The maximum atomic E-state index is 12.6. The van der Waals surface area contributed by atoms with Crippen LogP contribution in [0.5, 0.6) is 11.8 Å². The third-order valence-electron chi connectivity index (χ3n) is 1.88. The van der Waals surface area contributed by atoms with E-state index in [1.165, 1.54) is 24.3 Å². The molecule has 0 radical (unpaired) electrons. The minimum Gasteiger partial charge on any atom is -0.425 e. The number of aryl methyl sites for hydroxylation is 1. The van der Waals surface area contributed by atoms with Gasteiger partial charge in [0.15, 0.2) is 0 Å². The van der Waals surface area contributed by atoms with Crippen LogP contribution >= 0.6 is 0 Å². The van der Waals surface area contributed by atoms with Crippen molar-refractivity contribution < 1.29 is 9.13 Å². The molecule has 1 aromatic heterocycles. The Morgan fingerprint density at radius 2 is 2.00 bits per heavy atom. The van der Waals surface area contributed by atoms with Gasteiger partial charge in [0.05, 0.1) is 6.20 Å². The largest absolute Gasteiger partial charge is 0.425 e. The van der Waals surface area contributed by atoms with Gasteiger partial charge < -0.3 is 15.0 Å². The van der Waals surface area contributed by atoms with Crippen molar-refractivity contribution in [2.45, 2.75) is 0 Å². The first-order chi connectivity index (χ1) is 7.15.